The van der Waals surface area contributed by atoms with E-state index in [1.165, 1.54) is 0 Å². The van der Waals surface area contributed by atoms with Gasteiger partial charge in [-0.1, -0.05) is 17.3 Å². The number of carbonyl (C=O) groups excluding carboxylic acids is 1. The number of carbonyl (C=O) groups is 1. The summed E-state index contributed by atoms with van der Waals surface area (Å²) in [6.07, 6.45) is -6.15. The molecule has 3 unspecified atom stereocenters. The highest BCUT2D eigenvalue weighted by Crippen LogP contribution is 2.44. The Balaban J connectivity index is 1.53. The molecule has 13 heteroatoms. The molecule has 182 valence electrons. The molecule has 3 aromatic rings. The van der Waals surface area contributed by atoms with Crippen molar-refractivity contribution in [2.24, 2.45) is 0 Å². The van der Waals surface area contributed by atoms with Gasteiger partial charge in [0.25, 0.3) is 5.89 Å². The first-order valence-corrected chi connectivity index (χ1v) is 11.6. The van der Waals surface area contributed by atoms with Crippen molar-refractivity contribution in [2.75, 3.05) is 32.0 Å². The zero-order valence-corrected chi connectivity index (χ0v) is 18.9. The zero-order valence-electron chi connectivity index (χ0n) is 18.1. The van der Waals surface area contributed by atoms with Crippen LogP contribution in [0.5, 0.6) is 0 Å². The Labute approximate surface area is 195 Å². The van der Waals surface area contributed by atoms with Crippen LogP contribution >= 0.6 is 11.3 Å². The molecule has 2 aromatic heterocycles. The van der Waals surface area contributed by atoms with Crippen molar-refractivity contribution in [1.82, 2.24) is 25.7 Å². The first-order chi connectivity index (χ1) is 16.2. The van der Waals surface area contributed by atoms with E-state index < -0.39 is 30.9 Å². The number of hydrogen-bond acceptors (Lipinski definition) is 7. The molecule has 0 radical (unpaired) electrons. The standard InChI is InChI=1S/C21H22F4N6O2S/c1-31-6-5-13(12(22)9-31)27-14-4-2-3-10-11(7-21(23,24)25)17(34-16(10)14)18-29-19(33-30-18)15-8-26-20(32)28-15/h2-4,12-13,15,27H,5-9H2,1H3,(H2,26,28,32). The Bertz CT molecular complexity index is 1210. The summed E-state index contributed by atoms with van der Waals surface area (Å²) >= 11 is 1.11. The molecule has 2 saturated heterocycles. The van der Waals surface area contributed by atoms with Crippen LogP contribution in [-0.2, 0) is 6.42 Å². The van der Waals surface area contributed by atoms with Crippen LogP contribution in [-0.4, -0.2) is 66.1 Å². The van der Waals surface area contributed by atoms with Crippen LogP contribution in [0.2, 0.25) is 0 Å². The quantitative estimate of drug-likeness (QED) is 0.463. The Kier molecular flexibility index (Phi) is 5.84. The fourth-order valence-corrected chi connectivity index (χ4v) is 5.55. The largest absolute Gasteiger partial charge is 0.393 e. The number of likely N-dealkylation sites (tertiary alicyclic amines) is 1. The number of benzene rings is 1. The minimum absolute atomic E-state index is 0.0187. The van der Waals surface area contributed by atoms with E-state index >= 15 is 0 Å². The summed E-state index contributed by atoms with van der Waals surface area (Å²) in [6, 6.07) is 3.63. The summed E-state index contributed by atoms with van der Waals surface area (Å²) in [5.41, 5.74) is 0.614. The molecule has 2 aliphatic heterocycles. The van der Waals surface area contributed by atoms with Crippen molar-refractivity contribution in [3.8, 4) is 10.7 Å². The lowest BCUT2D eigenvalue weighted by molar-refractivity contribution is -0.126. The molecule has 8 nitrogen and oxygen atoms in total. The first-order valence-electron chi connectivity index (χ1n) is 10.8. The molecule has 0 bridgehead atoms. The van der Waals surface area contributed by atoms with Gasteiger partial charge in [0.05, 0.1) is 27.7 Å². The summed E-state index contributed by atoms with van der Waals surface area (Å²) in [5, 5.41) is 12.7. The van der Waals surface area contributed by atoms with E-state index in [0.717, 1.165) is 17.9 Å². The van der Waals surface area contributed by atoms with Gasteiger partial charge >= 0.3 is 12.2 Å². The maximum Gasteiger partial charge on any atom is 0.393 e. The molecule has 34 heavy (non-hydrogen) atoms. The van der Waals surface area contributed by atoms with E-state index in [-0.39, 0.29) is 34.7 Å². The Morgan fingerprint density at radius 3 is 2.88 bits per heavy atom. The number of nitrogens with zero attached hydrogens (tertiary/aromatic N) is 3. The highest BCUT2D eigenvalue weighted by molar-refractivity contribution is 7.23. The predicted octanol–water partition coefficient (Wildman–Crippen LogP) is 3.86. The van der Waals surface area contributed by atoms with Crippen molar-refractivity contribution in [2.45, 2.75) is 37.3 Å². The minimum atomic E-state index is -4.46. The number of amides is 2. The normalized spacial score (nSPS) is 23.8. The number of fused-ring (bicyclic) bond motifs is 1. The average molecular weight is 499 g/mol. The second-order valence-electron chi connectivity index (χ2n) is 8.56. The number of alkyl halides is 4. The Morgan fingerprint density at radius 2 is 2.18 bits per heavy atom. The van der Waals surface area contributed by atoms with Gasteiger partial charge in [-0.05, 0) is 30.5 Å². The molecule has 5 rings (SSSR count). The van der Waals surface area contributed by atoms with Gasteiger partial charge in [0.2, 0.25) is 5.82 Å². The van der Waals surface area contributed by atoms with Gasteiger partial charge in [0.15, 0.2) is 0 Å². The molecule has 2 amide bonds. The van der Waals surface area contributed by atoms with E-state index in [2.05, 4.69) is 26.1 Å². The summed E-state index contributed by atoms with van der Waals surface area (Å²) < 4.78 is 61.0. The number of rotatable bonds is 5. The van der Waals surface area contributed by atoms with E-state index in [9.17, 15) is 22.4 Å². The average Bonchev–Trinajstić information content (AvgIpc) is 3.48. The number of halogens is 4. The third-order valence-corrected chi connectivity index (χ3v) is 7.27. The van der Waals surface area contributed by atoms with E-state index in [0.29, 0.717) is 28.7 Å². The molecule has 4 heterocycles. The number of anilines is 1. The molecule has 3 N–H and O–H groups in total. The second kappa shape index (κ2) is 8.69. The molecule has 0 spiro atoms. The molecule has 2 aliphatic rings. The van der Waals surface area contributed by atoms with Crippen molar-refractivity contribution in [3.05, 3.63) is 29.7 Å². The predicted molar refractivity (Wildman–Crippen MR) is 119 cm³/mol. The van der Waals surface area contributed by atoms with E-state index in [4.69, 9.17) is 4.52 Å². The van der Waals surface area contributed by atoms with Gasteiger partial charge in [-0.15, -0.1) is 11.3 Å². The third-order valence-electron chi connectivity index (χ3n) is 6.00. The second-order valence-corrected chi connectivity index (χ2v) is 9.59. The van der Waals surface area contributed by atoms with Gasteiger partial charge in [-0.3, -0.25) is 0 Å². The van der Waals surface area contributed by atoms with Crippen LogP contribution in [0.1, 0.15) is 23.9 Å². The fourth-order valence-electron chi connectivity index (χ4n) is 4.33. The maximum absolute atomic E-state index is 14.6. The fraction of sp³-hybridized carbons (Fsp3) is 0.476. The van der Waals surface area contributed by atoms with Gasteiger partial charge < -0.3 is 25.4 Å². The van der Waals surface area contributed by atoms with Gasteiger partial charge in [0, 0.05) is 19.6 Å². The van der Waals surface area contributed by atoms with Crippen molar-refractivity contribution >= 4 is 33.1 Å². The number of urea groups is 1. The monoisotopic (exact) mass is 498 g/mol. The van der Waals surface area contributed by atoms with Crippen LogP contribution in [0.15, 0.2) is 22.7 Å². The zero-order chi connectivity index (χ0) is 24.0. The summed E-state index contributed by atoms with van der Waals surface area (Å²) in [7, 11) is 1.85. The summed E-state index contributed by atoms with van der Waals surface area (Å²) in [4.78, 5) is 17.8. The molecular weight excluding hydrogens is 476 g/mol. The lowest BCUT2D eigenvalue weighted by Crippen LogP contribution is -2.46. The highest BCUT2D eigenvalue weighted by atomic mass is 32.1. The SMILES string of the molecule is CN1CCC(Nc2cccc3c(CC(F)(F)F)c(-c4noc(C5CNC(=O)N5)n4)sc23)C(F)C1. The van der Waals surface area contributed by atoms with Gasteiger partial charge in [0.1, 0.15) is 12.2 Å². The lowest BCUT2D eigenvalue weighted by atomic mass is 10.0. The number of thiophene rings is 1. The number of aromatic nitrogens is 2. The van der Waals surface area contributed by atoms with Crippen molar-refractivity contribution in [3.63, 3.8) is 0 Å². The van der Waals surface area contributed by atoms with Crippen LogP contribution in [0.3, 0.4) is 0 Å². The maximum atomic E-state index is 14.6. The van der Waals surface area contributed by atoms with Crippen molar-refractivity contribution < 1.29 is 26.9 Å². The van der Waals surface area contributed by atoms with Gasteiger partial charge in [-0.2, -0.15) is 18.2 Å². The number of nitrogens with one attached hydrogen (secondary N) is 3. The van der Waals surface area contributed by atoms with E-state index in [1.807, 2.05) is 11.9 Å². The minimum Gasteiger partial charge on any atom is -0.378 e. The molecule has 0 aliphatic carbocycles. The Hall–Kier alpha value is -2.93. The first kappa shape index (κ1) is 22.8. The smallest absolute Gasteiger partial charge is 0.378 e. The van der Waals surface area contributed by atoms with Crippen molar-refractivity contribution in [1.29, 1.82) is 0 Å². The molecule has 3 atom stereocenters. The molecule has 2 fully saturated rings. The van der Waals surface area contributed by atoms with E-state index in [1.54, 1.807) is 18.2 Å². The lowest BCUT2D eigenvalue weighted by Gasteiger charge is -2.33. The van der Waals surface area contributed by atoms with Crippen LogP contribution < -0.4 is 16.0 Å². The van der Waals surface area contributed by atoms with Crippen LogP contribution in [0.4, 0.5) is 28.0 Å². The highest BCUT2D eigenvalue weighted by Gasteiger charge is 2.34. The number of piperidine rings is 1. The van der Waals surface area contributed by atoms with Crippen LogP contribution in [0, 0.1) is 0 Å². The molecule has 0 saturated carbocycles. The summed E-state index contributed by atoms with van der Waals surface area (Å²) in [6.45, 7) is 1.25. The third kappa shape index (κ3) is 4.53. The molecular formula is C21H22F4N6O2S. The Morgan fingerprint density at radius 1 is 1.35 bits per heavy atom. The summed E-state index contributed by atoms with van der Waals surface area (Å²) in [5.74, 6) is 0.124. The van der Waals surface area contributed by atoms with Crippen LogP contribution in [0.25, 0.3) is 20.8 Å². The van der Waals surface area contributed by atoms with Gasteiger partial charge in [-0.25, -0.2) is 9.18 Å². The molecule has 1 aromatic carbocycles. The topological polar surface area (TPSA) is 95.3 Å². The number of hydrogen-bond donors (Lipinski definition) is 3.